The van der Waals surface area contributed by atoms with Gasteiger partial charge >= 0.3 is 0 Å². The van der Waals surface area contributed by atoms with Crippen LogP contribution in [0.25, 0.3) is 21.9 Å². The summed E-state index contributed by atoms with van der Waals surface area (Å²) >= 11 is 0. The first kappa shape index (κ1) is 20.1. The number of nitrogens with zero attached hydrogens (tertiary/aromatic N) is 1. The first-order valence-electron chi connectivity index (χ1n) is 9.55. The average molecular weight is 419 g/mol. The number of sulfonamides is 1. The van der Waals surface area contributed by atoms with Gasteiger partial charge in [-0.15, -0.1) is 0 Å². The molecule has 0 bridgehead atoms. The van der Waals surface area contributed by atoms with E-state index < -0.39 is 10.0 Å². The van der Waals surface area contributed by atoms with Gasteiger partial charge in [0.25, 0.3) is 0 Å². The molecule has 0 unspecified atom stereocenters. The van der Waals surface area contributed by atoms with Crippen LogP contribution in [0.2, 0.25) is 0 Å². The smallest absolute Gasteiger partial charge is 0.240 e. The van der Waals surface area contributed by atoms with Crippen molar-refractivity contribution >= 4 is 20.8 Å². The quantitative estimate of drug-likeness (QED) is 0.493. The van der Waals surface area contributed by atoms with Crippen molar-refractivity contribution in [3.63, 3.8) is 0 Å². The van der Waals surface area contributed by atoms with E-state index >= 15 is 0 Å². The van der Waals surface area contributed by atoms with Gasteiger partial charge in [-0.2, -0.15) is 0 Å². The molecule has 3 aromatic carbocycles. The normalized spacial score (nSPS) is 11.5. The lowest BCUT2D eigenvalue weighted by Crippen LogP contribution is -2.23. The van der Waals surface area contributed by atoms with E-state index in [1.165, 1.54) is 17.7 Å². The minimum atomic E-state index is -3.65. The molecule has 0 spiro atoms. The summed E-state index contributed by atoms with van der Waals surface area (Å²) in [5, 5.41) is 1.97. The molecular formula is C24H22N2O3S. The number of rotatable bonds is 6. The van der Waals surface area contributed by atoms with Crippen molar-refractivity contribution in [3.8, 4) is 16.9 Å². The predicted octanol–water partition coefficient (Wildman–Crippen LogP) is 4.70. The van der Waals surface area contributed by atoms with Crippen molar-refractivity contribution in [1.29, 1.82) is 0 Å². The Morgan fingerprint density at radius 2 is 1.67 bits per heavy atom. The van der Waals surface area contributed by atoms with Crippen molar-refractivity contribution < 1.29 is 13.2 Å². The summed E-state index contributed by atoms with van der Waals surface area (Å²) in [6.07, 6.45) is 3.55. The van der Waals surface area contributed by atoms with Crippen LogP contribution in [0.15, 0.2) is 84.0 Å². The number of fused-ring (bicyclic) bond motifs is 1. The van der Waals surface area contributed by atoms with Gasteiger partial charge < -0.3 is 4.74 Å². The van der Waals surface area contributed by atoms with Crippen molar-refractivity contribution in [2.24, 2.45) is 0 Å². The summed E-state index contributed by atoms with van der Waals surface area (Å²) in [5.41, 5.74) is 4.31. The maximum Gasteiger partial charge on any atom is 0.240 e. The second kappa shape index (κ2) is 8.26. The highest BCUT2D eigenvalue weighted by molar-refractivity contribution is 7.89. The fourth-order valence-electron chi connectivity index (χ4n) is 3.52. The van der Waals surface area contributed by atoms with Crippen LogP contribution in [-0.2, 0) is 16.6 Å². The van der Waals surface area contributed by atoms with Gasteiger partial charge in [0.15, 0.2) is 0 Å². The number of hydrogen-bond donors (Lipinski definition) is 1. The van der Waals surface area contributed by atoms with E-state index in [1.807, 2.05) is 30.3 Å². The van der Waals surface area contributed by atoms with Crippen LogP contribution in [0, 0.1) is 6.92 Å². The van der Waals surface area contributed by atoms with Gasteiger partial charge in [0.2, 0.25) is 10.0 Å². The molecule has 4 rings (SSSR count). The Hall–Kier alpha value is -3.22. The van der Waals surface area contributed by atoms with Gasteiger partial charge in [0, 0.05) is 24.3 Å². The Balaban J connectivity index is 1.67. The van der Waals surface area contributed by atoms with Crippen LogP contribution in [0.1, 0.15) is 11.1 Å². The first-order chi connectivity index (χ1) is 14.5. The number of nitrogens with one attached hydrogen (secondary N) is 1. The van der Waals surface area contributed by atoms with Crippen molar-refractivity contribution in [2.45, 2.75) is 18.4 Å². The maximum absolute atomic E-state index is 12.7. The highest BCUT2D eigenvalue weighted by Gasteiger charge is 2.16. The second-order valence-corrected chi connectivity index (χ2v) is 8.78. The van der Waals surface area contributed by atoms with E-state index in [2.05, 4.69) is 28.8 Å². The van der Waals surface area contributed by atoms with Gasteiger partial charge in [-0.25, -0.2) is 13.1 Å². The molecule has 152 valence electrons. The third-order valence-corrected chi connectivity index (χ3v) is 6.58. The standard InChI is InChI=1S/C24H22N2O3S/c1-17-5-3-4-6-21(17)22-12-7-18(24-16-25-14-13-23(22)24)15-26-30(27,28)20-10-8-19(29-2)9-11-20/h3-14,16,26H,15H2,1-2H3. The van der Waals surface area contributed by atoms with Crippen molar-refractivity contribution in [2.75, 3.05) is 7.11 Å². The predicted molar refractivity (Wildman–Crippen MR) is 119 cm³/mol. The van der Waals surface area contributed by atoms with Gasteiger partial charge in [0.05, 0.1) is 12.0 Å². The summed E-state index contributed by atoms with van der Waals surface area (Å²) in [6, 6.07) is 20.5. The lowest BCUT2D eigenvalue weighted by Gasteiger charge is -2.14. The zero-order valence-electron chi connectivity index (χ0n) is 16.8. The largest absolute Gasteiger partial charge is 0.497 e. The van der Waals surface area contributed by atoms with E-state index in [-0.39, 0.29) is 11.4 Å². The van der Waals surface area contributed by atoms with Gasteiger partial charge in [-0.1, -0.05) is 36.4 Å². The van der Waals surface area contributed by atoms with E-state index in [9.17, 15) is 8.42 Å². The molecule has 0 aliphatic rings. The van der Waals surface area contributed by atoms with Crippen LogP contribution in [-0.4, -0.2) is 20.5 Å². The number of pyridine rings is 1. The van der Waals surface area contributed by atoms with E-state index in [0.29, 0.717) is 5.75 Å². The third kappa shape index (κ3) is 3.92. The molecule has 0 atom stereocenters. The molecule has 0 saturated carbocycles. The zero-order valence-corrected chi connectivity index (χ0v) is 17.6. The fourth-order valence-corrected chi connectivity index (χ4v) is 4.53. The number of hydrogen-bond acceptors (Lipinski definition) is 4. The lowest BCUT2D eigenvalue weighted by molar-refractivity contribution is 0.414. The van der Waals surface area contributed by atoms with Crippen LogP contribution >= 0.6 is 0 Å². The Kier molecular flexibility index (Phi) is 5.53. The number of ether oxygens (including phenoxy) is 1. The highest BCUT2D eigenvalue weighted by Crippen LogP contribution is 2.32. The monoisotopic (exact) mass is 418 g/mol. The molecule has 0 saturated heterocycles. The molecule has 0 fully saturated rings. The minimum Gasteiger partial charge on any atom is -0.497 e. The SMILES string of the molecule is COc1ccc(S(=O)(=O)NCc2ccc(-c3ccccc3C)c3ccncc23)cc1. The average Bonchev–Trinajstić information content (AvgIpc) is 2.78. The number of benzene rings is 3. The molecule has 6 heteroatoms. The summed E-state index contributed by atoms with van der Waals surface area (Å²) < 4.78 is 33.2. The topological polar surface area (TPSA) is 68.3 Å². The summed E-state index contributed by atoms with van der Waals surface area (Å²) in [5.74, 6) is 0.609. The Bertz CT molecular complexity index is 1300. The van der Waals surface area contributed by atoms with Crippen molar-refractivity contribution in [3.05, 3.63) is 90.3 Å². The van der Waals surface area contributed by atoms with Gasteiger partial charge in [-0.05, 0) is 64.9 Å². The van der Waals surface area contributed by atoms with Crippen LogP contribution in [0.4, 0.5) is 0 Å². The number of aromatic nitrogens is 1. The summed E-state index contributed by atoms with van der Waals surface area (Å²) in [6.45, 7) is 2.25. The molecule has 1 heterocycles. The van der Waals surface area contributed by atoms with Crippen LogP contribution < -0.4 is 9.46 Å². The molecule has 1 aromatic heterocycles. The molecule has 5 nitrogen and oxygen atoms in total. The summed E-state index contributed by atoms with van der Waals surface area (Å²) in [4.78, 5) is 4.46. The van der Waals surface area contributed by atoms with Crippen LogP contribution in [0.3, 0.4) is 0 Å². The van der Waals surface area contributed by atoms with E-state index in [4.69, 9.17) is 4.74 Å². The van der Waals surface area contributed by atoms with Crippen molar-refractivity contribution in [1.82, 2.24) is 9.71 Å². The highest BCUT2D eigenvalue weighted by atomic mass is 32.2. The van der Waals surface area contributed by atoms with Gasteiger partial charge in [0.1, 0.15) is 5.75 Å². The Labute approximate surface area is 176 Å². The molecule has 0 radical (unpaired) electrons. The second-order valence-electron chi connectivity index (χ2n) is 7.01. The molecule has 0 aliphatic heterocycles. The maximum atomic E-state index is 12.7. The van der Waals surface area contributed by atoms with Crippen LogP contribution in [0.5, 0.6) is 5.75 Å². The Morgan fingerprint density at radius 1 is 0.900 bits per heavy atom. The molecule has 1 N–H and O–H groups in total. The number of methoxy groups -OCH3 is 1. The first-order valence-corrected chi connectivity index (χ1v) is 11.0. The summed E-state index contributed by atoms with van der Waals surface area (Å²) in [7, 11) is -2.10. The van der Waals surface area contributed by atoms with Gasteiger partial charge in [-0.3, -0.25) is 4.98 Å². The van der Waals surface area contributed by atoms with E-state index in [1.54, 1.807) is 31.6 Å². The lowest BCUT2D eigenvalue weighted by atomic mass is 9.94. The van der Waals surface area contributed by atoms with E-state index in [0.717, 1.165) is 27.5 Å². The molecule has 0 aliphatic carbocycles. The third-order valence-electron chi connectivity index (χ3n) is 5.17. The number of aryl methyl sites for hydroxylation is 1. The minimum absolute atomic E-state index is 0.171. The molecule has 30 heavy (non-hydrogen) atoms. The fraction of sp³-hybridized carbons (Fsp3) is 0.125. The molecule has 0 amide bonds. The zero-order chi connectivity index (χ0) is 21.1. The Morgan fingerprint density at radius 3 is 2.40 bits per heavy atom. The molecular weight excluding hydrogens is 396 g/mol. The molecule has 4 aromatic rings.